The number of hydrogen-bond acceptors (Lipinski definition) is 2. The molecule has 1 N–H and O–H groups in total. The molecule has 0 amide bonds. The van der Waals surface area contributed by atoms with Gasteiger partial charge in [-0.1, -0.05) is 0 Å². The van der Waals surface area contributed by atoms with Crippen LogP contribution in [0.4, 0.5) is 0 Å². The van der Waals surface area contributed by atoms with Crippen LogP contribution in [-0.4, -0.2) is 12.1 Å². The average Bonchev–Trinajstić information content (AvgIpc) is 2.61. The molecule has 2 aromatic rings. The summed E-state index contributed by atoms with van der Waals surface area (Å²) in [6, 6.07) is 4.18. The van der Waals surface area contributed by atoms with Crippen molar-refractivity contribution >= 4 is 10.9 Å². The molecule has 3 nitrogen and oxygen atoms in total. The lowest BCUT2D eigenvalue weighted by Gasteiger charge is -2.09. The van der Waals surface area contributed by atoms with Crippen LogP contribution in [0.15, 0.2) is 12.3 Å². The number of rotatable bonds is 1. The van der Waals surface area contributed by atoms with Crippen molar-refractivity contribution in [3.8, 4) is 11.8 Å². The quantitative estimate of drug-likeness (QED) is 0.769. The molecule has 0 aliphatic carbocycles. The van der Waals surface area contributed by atoms with Crippen LogP contribution in [0.1, 0.15) is 16.7 Å². The molecule has 1 aromatic heterocycles. The molecule has 1 aromatic carbocycles. The maximum atomic E-state index is 8.97. The highest BCUT2D eigenvalue weighted by molar-refractivity contribution is 5.91. The maximum Gasteiger partial charge on any atom is 0.125 e. The minimum Gasteiger partial charge on any atom is -0.496 e. The summed E-state index contributed by atoms with van der Waals surface area (Å²) >= 11 is 0. The largest absolute Gasteiger partial charge is 0.496 e. The summed E-state index contributed by atoms with van der Waals surface area (Å²) in [5.74, 6) is 0.860. The van der Waals surface area contributed by atoms with Gasteiger partial charge in [0.1, 0.15) is 11.8 Å². The van der Waals surface area contributed by atoms with Crippen molar-refractivity contribution in [1.82, 2.24) is 4.98 Å². The summed E-state index contributed by atoms with van der Waals surface area (Å²) in [6.45, 7) is 3.97. The molecule has 0 radical (unpaired) electrons. The molecule has 0 spiro atoms. The highest BCUT2D eigenvalue weighted by Gasteiger charge is 2.12. The minimum absolute atomic E-state index is 0.667. The fourth-order valence-corrected chi connectivity index (χ4v) is 2.05. The number of benzene rings is 1. The highest BCUT2D eigenvalue weighted by Crippen LogP contribution is 2.32. The van der Waals surface area contributed by atoms with E-state index < -0.39 is 0 Å². The van der Waals surface area contributed by atoms with Gasteiger partial charge in [-0.05, 0) is 25.5 Å². The van der Waals surface area contributed by atoms with Gasteiger partial charge in [0.05, 0.1) is 12.7 Å². The third kappa shape index (κ3) is 1.26. The van der Waals surface area contributed by atoms with E-state index in [1.165, 1.54) is 0 Å². The number of nitrogens with one attached hydrogen (secondary N) is 1. The Bertz CT molecular complexity index is 561. The van der Waals surface area contributed by atoms with Gasteiger partial charge in [0, 0.05) is 22.7 Å². The second-order valence-corrected chi connectivity index (χ2v) is 3.59. The van der Waals surface area contributed by atoms with E-state index in [0.29, 0.717) is 5.56 Å². The van der Waals surface area contributed by atoms with Crippen molar-refractivity contribution in [2.24, 2.45) is 0 Å². The van der Waals surface area contributed by atoms with Crippen molar-refractivity contribution < 1.29 is 4.74 Å². The number of aromatic nitrogens is 1. The van der Waals surface area contributed by atoms with Gasteiger partial charge < -0.3 is 9.72 Å². The Labute approximate surface area is 88.3 Å². The van der Waals surface area contributed by atoms with E-state index in [1.807, 2.05) is 19.9 Å². The predicted molar refractivity (Wildman–Crippen MR) is 59.0 cm³/mol. The van der Waals surface area contributed by atoms with E-state index in [-0.39, 0.29) is 0 Å². The number of ether oxygens (including phenoxy) is 1. The topological polar surface area (TPSA) is 48.8 Å². The molecule has 3 heteroatoms. The minimum atomic E-state index is 0.667. The lowest BCUT2D eigenvalue weighted by Crippen LogP contribution is -1.92. The van der Waals surface area contributed by atoms with Crippen LogP contribution in [0.3, 0.4) is 0 Å². The monoisotopic (exact) mass is 200 g/mol. The molecule has 0 saturated heterocycles. The van der Waals surface area contributed by atoms with Crippen LogP contribution in [0.2, 0.25) is 0 Å². The van der Waals surface area contributed by atoms with Crippen molar-refractivity contribution in [2.45, 2.75) is 13.8 Å². The van der Waals surface area contributed by atoms with Crippen molar-refractivity contribution in [3.05, 3.63) is 29.0 Å². The Morgan fingerprint density at radius 3 is 2.73 bits per heavy atom. The molecular formula is C12H12N2O. The van der Waals surface area contributed by atoms with Crippen molar-refractivity contribution in [2.75, 3.05) is 7.11 Å². The lowest BCUT2D eigenvalue weighted by molar-refractivity contribution is 0.409. The van der Waals surface area contributed by atoms with Crippen LogP contribution in [0.5, 0.6) is 5.75 Å². The zero-order chi connectivity index (χ0) is 11.0. The van der Waals surface area contributed by atoms with Gasteiger partial charge in [-0.25, -0.2) is 0 Å². The Morgan fingerprint density at radius 1 is 1.40 bits per heavy atom. The van der Waals surface area contributed by atoms with Crippen molar-refractivity contribution in [1.29, 1.82) is 5.26 Å². The molecule has 2 rings (SSSR count). The second-order valence-electron chi connectivity index (χ2n) is 3.59. The van der Waals surface area contributed by atoms with Crippen LogP contribution in [-0.2, 0) is 0 Å². The molecule has 0 bridgehead atoms. The molecule has 15 heavy (non-hydrogen) atoms. The first-order valence-corrected chi connectivity index (χ1v) is 4.74. The van der Waals surface area contributed by atoms with Crippen LogP contribution in [0, 0.1) is 25.2 Å². The summed E-state index contributed by atoms with van der Waals surface area (Å²) in [4.78, 5) is 3.09. The highest BCUT2D eigenvalue weighted by atomic mass is 16.5. The number of hydrogen-bond donors (Lipinski definition) is 1. The van der Waals surface area contributed by atoms with Crippen LogP contribution < -0.4 is 4.74 Å². The van der Waals surface area contributed by atoms with E-state index in [1.54, 1.807) is 13.3 Å². The van der Waals surface area contributed by atoms with E-state index in [0.717, 1.165) is 27.8 Å². The van der Waals surface area contributed by atoms with E-state index in [4.69, 9.17) is 10.00 Å². The Balaban J connectivity index is 2.91. The Morgan fingerprint density at radius 2 is 2.13 bits per heavy atom. The van der Waals surface area contributed by atoms with Crippen molar-refractivity contribution in [3.63, 3.8) is 0 Å². The van der Waals surface area contributed by atoms with Gasteiger partial charge >= 0.3 is 0 Å². The number of aromatic amines is 1. The third-order valence-corrected chi connectivity index (χ3v) is 2.67. The van der Waals surface area contributed by atoms with Gasteiger partial charge in [0.2, 0.25) is 0 Å². The SMILES string of the molecule is COc1c(C)cc2[nH]cc(C#N)c2c1C. The first kappa shape index (κ1) is 9.60. The van der Waals surface area contributed by atoms with Gasteiger partial charge in [0.25, 0.3) is 0 Å². The summed E-state index contributed by atoms with van der Waals surface area (Å²) < 4.78 is 5.33. The van der Waals surface area contributed by atoms with E-state index in [2.05, 4.69) is 11.1 Å². The summed E-state index contributed by atoms with van der Waals surface area (Å²) in [5, 5.41) is 9.93. The number of H-pyrrole nitrogens is 1. The van der Waals surface area contributed by atoms with Gasteiger partial charge in [-0.15, -0.1) is 0 Å². The number of aryl methyl sites for hydroxylation is 2. The van der Waals surface area contributed by atoms with Crippen LogP contribution >= 0.6 is 0 Å². The molecule has 0 saturated carbocycles. The predicted octanol–water partition coefficient (Wildman–Crippen LogP) is 2.67. The second kappa shape index (κ2) is 3.32. The Hall–Kier alpha value is -1.95. The first-order chi connectivity index (χ1) is 7.19. The summed E-state index contributed by atoms with van der Waals surface area (Å²) in [6.07, 6.45) is 1.73. The molecule has 0 unspecified atom stereocenters. The van der Waals surface area contributed by atoms with Gasteiger partial charge in [-0.3, -0.25) is 0 Å². The normalized spacial score (nSPS) is 10.3. The average molecular weight is 200 g/mol. The fraction of sp³-hybridized carbons (Fsp3) is 0.250. The summed E-state index contributed by atoms with van der Waals surface area (Å²) in [7, 11) is 1.65. The van der Waals surface area contributed by atoms with Gasteiger partial charge in [0.15, 0.2) is 0 Å². The zero-order valence-electron chi connectivity index (χ0n) is 9.01. The first-order valence-electron chi connectivity index (χ1n) is 4.74. The number of nitrogens with zero attached hydrogens (tertiary/aromatic N) is 1. The number of methoxy groups -OCH3 is 1. The number of fused-ring (bicyclic) bond motifs is 1. The zero-order valence-corrected chi connectivity index (χ0v) is 9.01. The Kier molecular flexibility index (Phi) is 2.12. The molecule has 76 valence electrons. The lowest BCUT2D eigenvalue weighted by atomic mass is 10.0. The molecule has 0 atom stereocenters. The standard InChI is InChI=1S/C12H12N2O/c1-7-4-10-11(8(2)12(7)15-3)9(5-13)6-14-10/h4,6,14H,1-3H3. The van der Waals surface area contributed by atoms with Crippen LogP contribution in [0.25, 0.3) is 10.9 Å². The summed E-state index contributed by atoms with van der Waals surface area (Å²) in [5.41, 5.74) is 3.75. The molecular weight excluding hydrogens is 188 g/mol. The third-order valence-electron chi connectivity index (χ3n) is 2.67. The molecule has 1 heterocycles. The molecule has 0 aliphatic rings. The fourth-order valence-electron chi connectivity index (χ4n) is 2.05. The van der Waals surface area contributed by atoms with E-state index in [9.17, 15) is 0 Å². The number of nitriles is 1. The van der Waals surface area contributed by atoms with E-state index >= 15 is 0 Å². The smallest absolute Gasteiger partial charge is 0.125 e. The molecule has 0 fully saturated rings. The van der Waals surface area contributed by atoms with Gasteiger partial charge in [-0.2, -0.15) is 5.26 Å². The molecule has 0 aliphatic heterocycles. The maximum absolute atomic E-state index is 8.97.